The van der Waals surface area contributed by atoms with Gasteiger partial charge in [-0.3, -0.25) is 0 Å². The molecular weight excluding hydrogens is 205 g/mol. The number of aromatic hydroxyl groups is 1. The predicted octanol–water partition coefficient (Wildman–Crippen LogP) is 2.66. The van der Waals surface area contributed by atoms with Crippen molar-refractivity contribution in [3.05, 3.63) is 53.8 Å². The van der Waals surface area contributed by atoms with Gasteiger partial charge in [-0.15, -0.1) is 0 Å². The van der Waals surface area contributed by atoms with E-state index in [1.165, 1.54) is 18.2 Å². The van der Waals surface area contributed by atoms with Crippen LogP contribution in [0.4, 0.5) is 4.39 Å². The molecule has 2 aromatic rings. The summed E-state index contributed by atoms with van der Waals surface area (Å²) in [4.78, 5) is 0. The van der Waals surface area contributed by atoms with Gasteiger partial charge in [-0.05, 0) is 29.3 Å². The summed E-state index contributed by atoms with van der Waals surface area (Å²) in [6.07, 6.45) is 0. The SMILES string of the molecule is NCc1ccc(-c2cc(F)ccc2O)cc1. The van der Waals surface area contributed by atoms with Crippen molar-refractivity contribution in [1.29, 1.82) is 0 Å². The Bertz CT molecular complexity index is 494. The Morgan fingerprint density at radius 2 is 1.75 bits per heavy atom. The van der Waals surface area contributed by atoms with Crippen LogP contribution in [0.15, 0.2) is 42.5 Å². The first-order valence-electron chi connectivity index (χ1n) is 4.98. The average molecular weight is 217 g/mol. The van der Waals surface area contributed by atoms with Crippen molar-refractivity contribution in [2.45, 2.75) is 6.54 Å². The lowest BCUT2D eigenvalue weighted by Crippen LogP contribution is -1.95. The molecular formula is C13H12FNO. The van der Waals surface area contributed by atoms with E-state index >= 15 is 0 Å². The van der Waals surface area contributed by atoms with Gasteiger partial charge in [-0.25, -0.2) is 4.39 Å². The van der Waals surface area contributed by atoms with Gasteiger partial charge < -0.3 is 10.8 Å². The van der Waals surface area contributed by atoms with E-state index in [4.69, 9.17) is 5.73 Å². The Morgan fingerprint density at radius 1 is 1.06 bits per heavy atom. The van der Waals surface area contributed by atoms with Gasteiger partial charge in [-0.2, -0.15) is 0 Å². The number of benzene rings is 2. The van der Waals surface area contributed by atoms with Gasteiger partial charge in [0, 0.05) is 12.1 Å². The molecule has 0 amide bonds. The minimum atomic E-state index is -0.365. The first-order valence-corrected chi connectivity index (χ1v) is 4.98. The maximum absolute atomic E-state index is 13.0. The molecule has 0 aromatic heterocycles. The second-order valence-electron chi connectivity index (χ2n) is 3.56. The molecule has 16 heavy (non-hydrogen) atoms. The maximum Gasteiger partial charge on any atom is 0.124 e. The number of hydrogen-bond acceptors (Lipinski definition) is 2. The molecule has 0 aliphatic carbocycles. The predicted molar refractivity (Wildman–Crippen MR) is 61.4 cm³/mol. The van der Waals surface area contributed by atoms with E-state index < -0.39 is 0 Å². The minimum Gasteiger partial charge on any atom is -0.507 e. The molecule has 0 atom stereocenters. The van der Waals surface area contributed by atoms with Crippen molar-refractivity contribution in [2.75, 3.05) is 0 Å². The molecule has 82 valence electrons. The van der Waals surface area contributed by atoms with Crippen LogP contribution in [0.25, 0.3) is 11.1 Å². The zero-order valence-corrected chi connectivity index (χ0v) is 8.65. The molecule has 2 aromatic carbocycles. The summed E-state index contributed by atoms with van der Waals surface area (Å²) in [7, 11) is 0. The Balaban J connectivity index is 2.45. The van der Waals surface area contributed by atoms with E-state index in [-0.39, 0.29) is 11.6 Å². The second kappa shape index (κ2) is 4.33. The van der Waals surface area contributed by atoms with Crippen LogP contribution in [-0.4, -0.2) is 5.11 Å². The van der Waals surface area contributed by atoms with Crippen LogP contribution in [0.1, 0.15) is 5.56 Å². The fourth-order valence-electron chi connectivity index (χ4n) is 1.56. The molecule has 0 unspecified atom stereocenters. The van der Waals surface area contributed by atoms with E-state index in [0.717, 1.165) is 11.1 Å². The van der Waals surface area contributed by atoms with Crippen LogP contribution in [-0.2, 0) is 6.54 Å². The summed E-state index contributed by atoms with van der Waals surface area (Å²) < 4.78 is 13.0. The highest BCUT2D eigenvalue weighted by Crippen LogP contribution is 2.29. The van der Waals surface area contributed by atoms with E-state index in [9.17, 15) is 9.50 Å². The fourth-order valence-corrected chi connectivity index (χ4v) is 1.56. The van der Waals surface area contributed by atoms with Crippen molar-refractivity contribution < 1.29 is 9.50 Å². The monoisotopic (exact) mass is 217 g/mol. The number of halogens is 1. The quantitative estimate of drug-likeness (QED) is 0.812. The molecule has 0 radical (unpaired) electrons. The zero-order valence-electron chi connectivity index (χ0n) is 8.65. The van der Waals surface area contributed by atoms with Crippen LogP contribution in [0.5, 0.6) is 5.75 Å². The fraction of sp³-hybridized carbons (Fsp3) is 0.0769. The molecule has 0 spiro atoms. The van der Waals surface area contributed by atoms with Crippen LogP contribution >= 0.6 is 0 Å². The molecule has 0 fully saturated rings. The summed E-state index contributed by atoms with van der Waals surface area (Å²) in [5.41, 5.74) is 7.74. The van der Waals surface area contributed by atoms with E-state index in [1.54, 1.807) is 0 Å². The second-order valence-corrected chi connectivity index (χ2v) is 3.56. The van der Waals surface area contributed by atoms with Gasteiger partial charge in [0.25, 0.3) is 0 Å². The Labute approximate surface area is 93.2 Å². The standard InChI is InChI=1S/C13H12FNO/c14-11-5-6-13(16)12(7-11)10-3-1-9(8-15)2-4-10/h1-7,16H,8,15H2. The molecule has 0 heterocycles. The van der Waals surface area contributed by atoms with Crippen molar-refractivity contribution in [3.8, 4) is 16.9 Å². The third kappa shape index (κ3) is 2.04. The van der Waals surface area contributed by atoms with E-state index in [2.05, 4.69) is 0 Å². The minimum absolute atomic E-state index is 0.0712. The van der Waals surface area contributed by atoms with Gasteiger partial charge in [-0.1, -0.05) is 24.3 Å². The highest BCUT2D eigenvalue weighted by Gasteiger charge is 2.05. The zero-order chi connectivity index (χ0) is 11.5. The van der Waals surface area contributed by atoms with E-state index in [0.29, 0.717) is 12.1 Å². The normalized spacial score (nSPS) is 10.4. The maximum atomic E-state index is 13.0. The molecule has 0 saturated heterocycles. The lowest BCUT2D eigenvalue weighted by molar-refractivity contribution is 0.475. The van der Waals surface area contributed by atoms with E-state index in [1.807, 2.05) is 24.3 Å². The first kappa shape index (κ1) is 10.6. The Kier molecular flexibility index (Phi) is 2.88. The molecule has 0 bridgehead atoms. The summed E-state index contributed by atoms with van der Waals surface area (Å²) in [6.45, 7) is 0.468. The van der Waals surface area contributed by atoms with Gasteiger partial charge >= 0.3 is 0 Å². The topological polar surface area (TPSA) is 46.2 Å². The van der Waals surface area contributed by atoms with Gasteiger partial charge in [0.15, 0.2) is 0 Å². The Hall–Kier alpha value is -1.87. The van der Waals surface area contributed by atoms with Gasteiger partial charge in [0.05, 0.1) is 0 Å². The molecule has 2 nitrogen and oxygen atoms in total. The third-order valence-corrected chi connectivity index (χ3v) is 2.46. The van der Waals surface area contributed by atoms with Gasteiger partial charge in [0.1, 0.15) is 11.6 Å². The van der Waals surface area contributed by atoms with Crippen LogP contribution in [0, 0.1) is 5.82 Å². The molecule has 2 rings (SSSR count). The first-order chi connectivity index (χ1) is 7.70. The van der Waals surface area contributed by atoms with Crippen LogP contribution < -0.4 is 5.73 Å². The number of rotatable bonds is 2. The van der Waals surface area contributed by atoms with Crippen molar-refractivity contribution in [3.63, 3.8) is 0 Å². The average Bonchev–Trinajstić information content (AvgIpc) is 2.32. The lowest BCUT2D eigenvalue weighted by Gasteiger charge is -2.05. The number of phenols is 1. The number of hydrogen-bond donors (Lipinski definition) is 2. The van der Waals surface area contributed by atoms with Gasteiger partial charge in [0.2, 0.25) is 0 Å². The highest BCUT2D eigenvalue weighted by molar-refractivity contribution is 5.70. The molecule has 3 heteroatoms. The van der Waals surface area contributed by atoms with Crippen molar-refractivity contribution in [2.24, 2.45) is 5.73 Å². The molecule has 0 saturated carbocycles. The van der Waals surface area contributed by atoms with Crippen LogP contribution in [0.3, 0.4) is 0 Å². The summed E-state index contributed by atoms with van der Waals surface area (Å²) in [5, 5.41) is 9.62. The number of phenolic OH excluding ortho intramolecular Hbond substituents is 1. The summed E-state index contributed by atoms with van der Waals surface area (Å²) in [6, 6.07) is 11.2. The van der Waals surface area contributed by atoms with Crippen molar-refractivity contribution >= 4 is 0 Å². The molecule has 0 aliphatic heterocycles. The summed E-state index contributed by atoms with van der Waals surface area (Å²) >= 11 is 0. The molecule has 0 aliphatic rings. The third-order valence-electron chi connectivity index (χ3n) is 2.46. The number of nitrogens with two attached hydrogens (primary N) is 1. The molecule has 3 N–H and O–H groups in total. The largest absolute Gasteiger partial charge is 0.507 e. The van der Waals surface area contributed by atoms with Crippen LogP contribution in [0.2, 0.25) is 0 Å². The summed E-state index contributed by atoms with van der Waals surface area (Å²) in [5.74, 6) is -0.294. The Morgan fingerprint density at radius 3 is 2.38 bits per heavy atom. The van der Waals surface area contributed by atoms with Crippen molar-refractivity contribution in [1.82, 2.24) is 0 Å². The highest BCUT2D eigenvalue weighted by atomic mass is 19.1. The lowest BCUT2D eigenvalue weighted by atomic mass is 10.0. The smallest absolute Gasteiger partial charge is 0.124 e.